The summed E-state index contributed by atoms with van der Waals surface area (Å²) in [6.45, 7) is 7.22. The molecule has 0 amide bonds. The molecule has 32 heavy (non-hydrogen) atoms. The van der Waals surface area contributed by atoms with Crippen molar-refractivity contribution in [2.75, 3.05) is 43.1 Å². The fraction of sp³-hybridized carbons (Fsp3) is 0.308. The summed E-state index contributed by atoms with van der Waals surface area (Å²) in [5.41, 5.74) is 4.55. The number of morpholine rings is 1. The van der Waals surface area contributed by atoms with Crippen molar-refractivity contribution < 1.29 is 14.2 Å². The smallest absolute Gasteiger partial charge is 0.162 e. The summed E-state index contributed by atoms with van der Waals surface area (Å²) in [6.07, 6.45) is 0. The van der Waals surface area contributed by atoms with E-state index in [4.69, 9.17) is 14.2 Å². The van der Waals surface area contributed by atoms with E-state index in [1.807, 2.05) is 37.3 Å². The van der Waals surface area contributed by atoms with Gasteiger partial charge >= 0.3 is 0 Å². The number of halogens is 1. The summed E-state index contributed by atoms with van der Waals surface area (Å²) < 4.78 is 18.3. The van der Waals surface area contributed by atoms with E-state index in [2.05, 4.69) is 62.5 Å². The maximum Gasteiger partial charge on any atom is 0.162 e. The summed E-state index contributed by atoms with van der Waals surface area (Å²) in [7, 11) is 0. The van der Waals surface area contributed by atoms with E-state index >= 15 is 0 Å². The Balaban J connectivity index is 1.41. The largest absolute Gasteiger partial charge is 0.490 e. The van der Waals surface area contributed by atoms with Crippen LogP contribution in [0.3, 0.4) is 0 Å². The van der Waals surface area contributed by atoms with Crippen molar-refractivity contribution in [2.45, 2.75) is 20.1 Å². The van der Waals surface area contributed by atoms with Gasteiger partial charge in [0, 0.05) is 35.5 Å². The van der Waals surface area contributed by atoms with Crippen molar-refractivity contribution in [3.8, 4) is 11.5 Å². The lowest BCUT2D eigenvalue weighted by Gasteiger charge is -2.29. The zero-order valence-corrected chi connectivity index (χ0v) is 19.9. The van der Waals surface area contributed by atoms with Crippen LogP contribution in [0.15, 0.2) is 71.2 Å². The molecule has 1 aliphatic rings. The van der Waals surface area contributed by atoms with E-state index in [0.717, 1.165) is 59.1 Å². The highest BCUT2D eigenvalue weighted by atomic mass is 79.9. The molecular formula is C26H29BrN2O3. The third kappa shape index (κ3) is 5.96. The highest BCUT2D eigenvalue weighted by molar-refractivity contribution is 9.10. The molecule has 1 saturated heterocycles. The Morgan fingerprint density at radius 3 is 2.38 bits per heavy atom. The van der Waals surface area contributed by atoms with Crippen molar-refractivity contribution in [1.29, 1.82) is 0 Å². The van der Waals surface area contributed by atoms with Gasteiger partial charge in [-0.2, -0.15) is 0 Å². The Labute approximate surface area is 198 Å². The van der Waals surface area contributed by atoms with E-state index in [1.54, 1.807) is 0 Å². The van der Waals surface area contributed by atoms with Crippen LogP contribution >= 0.6 is 15.9 Å². The number of anilines is 2. The Morgan fingerprint density at radius 2 is 1.66 bits per heavy atom. The molecule has 0 bridgehead atoms. The lowest BCUT2D eigenvalue weighted by molar-refractivity contribution is 0.122. The number of benzene rings is 3. The number of nitrogens with one attached hydrogen (secondary N) is 1. The highest BCUT2D eigenvalue weighted by Gasteiger charge is 2.13. The van der Waals surface area contributed by atoms with E-state index < -0.39 is 0 Å². The van der Waals surface area contributed by atoms with Gasteiger partial charge in [0.15, 0.2) is 11.5 Å². The number of rotatable bonds is 9. The lowest BCUT2D eigenvalue weighted by atomic mass is 10.2. The zero-order chi connectivity index (χ0) is 22.2. The maximum atomic E-state index is 6.06. The number of hydrogen-bond acceptors (Lipinski definition) is 5. The van der Waals surface area contributed by atoms with Gasteiger partial charge in [-0.3, -0.25) is 0 Å². The molecule has 3 aromatic rings. The van der Waals surface area contributed by atoms with Crippen molar-refractivity contribution in [2.24, 2.45) is 0 Å². The average molecular weight is 497 g/mol. The van der Waals surface area contributed by atoms with E-state index in [1.165, 1.54) is 5.69 Å². The monoisotopic (exact) mass is 496 g/mol. The second-order valence-corrected chi connectivity index (χ2v) is 8.45. The minimum Gasteiger partial charge on any atom is -0.490 e. The molecule has 6 heteroatoms. The second-order valence-electron chi connectivity index (χ2n) is 7.60. The van der Waals surface area contributed by atoms with Crippen LogP contribution in [-0.2, 0) is 17.9 Å². The van der Waals surface area contributed by atoms with Gasteiger partial charge in [0.2, 0.25) is 0 Å². The molecule has 5 nitrogen and oxygen atoms in total. The fourth-order valence-corrected chi connectivity index (χ4v) is 4.10. The van der Waals surface area contributed by atoms with Crippen LogP contribution < -0.4 is 19.7 Å². The van der Waals surface area contributed by atoms with E-state index in [9.17, 15) is 0 Å². The third-order valence-electron chi connectivity index (χ3n) is 5.38. The molecule has 0 radical (unpaired) electrons. The van der Waals surface area contributed by atoms with E-state index in [0.29, 0.717) is 19.8 Å². The fourth-order valence-electron chi connectivity index (χ4n) is 3.64. The van der Waals surface area contributed by atoms with Gasteiger partial charge in [-0.15, -0.1) is 0 Å². The second kappa shape index (κ2) is 11.2. The van der Waals surface area contributed by atoms with Crippen LogP contribution in [0, 0.1) is 0 Å². The first-order valence-electron chi connectivity index (χ1n) is 11.0. The molecule has 0 aliphatic carbocycles. The molecular weight excluding hydrogens is 468 g/mol. The van der Waals surface area contributed by atoms with Crippen molar-refractivity contribution in [1.82, 2.24) is 0 Å². The van der Waals surface area contributed by atoms with Gasteiger partial charge in [-0.05, 0) is 54.4 Å². The van der Waals surface area contributed by atoms with Gasteiger partial charge in [0.25, 0.3) is 0 Å². The van der Waals surface area contributed by atoms with E-state index in [-0.39, 0.29) is 0 Å². The van der Waals surface area contributed by atoms with Crippen molar-refractivity contribution >= 4 is 27.3 Å². The highest BCUT2D eigenvalue weighted by Crippen LogP contribution is 2.35. The molecule has 1 fully saturated rings. The van der Waals surface area contributed by atoms with Crippen molar-refractivity contribution in [3.05, 3.63) is 82.3 Å². The molecule has 0 aromatic heterocycles. The molecule has 1 heterocycles. The normalized spacial score (nSPS) is 13.6. The molecule has 0 spiro atoms. The molecule has 0 atom stereocenters. The van der Waals surface area contributed by atoms with Crippen LogP contribution in [0.25, 0.3) is 0 Å². The first-order chi connectivity index (χ1) is 15.7. The molecule has 3 aromatic carbocycles. The number of ether oxygens (including phenoxy) is 3. The molecule has 4 rings (SSSR count). The quantitative estimate of drug-likeness (QED) is 0.400. The summed E-state index contributed by atoms with van der Waals surface area (Å²) in [5.74, 6) is 1.49. The molecule has 1 aliphatic heterocycles. The first kappa shape index (κ1) is 22.5. The van der Waals surface area contributed by atoms with Crippen LogP contribution in [0.1, 0.15) is 18.1 Å². The average Bonchev–Trinajstić information content (AvgIpc) is 2.85. The molecule has 168 valence electrons. The molecule has 0 saturated carbocycles. The van der Waals surface area contributed by atoms with Crippen LogP contribution in [0.2, 0.25) is 0 Å². The van der Waals surface area contributed by atoms with Gasteiger partial charge in [-0.1, -0.05) is 46.3 Å². The van der Waals surface area contributed by atoms with Crippen molar-refractivity contribution in [3.63, 3.8) is 0 Å². The van der Waals surface area contributed by atoms with Gasteiger partial charge in [-0.25, -0.2) is 0 Å². The predicted molar refractivity (Wildman–Crippen MR) is 133 cm³/mol. The topological polar surface area (TPSA) is 43.0 Å². The summed E-state index contributed by atoms with van der Waals surface area (Å²) in [4.78, 5) is 2.35. The Bertz CT molecular complexity index is 990. The summed E-state index contributed by atoms with van der Waals surface area (Å²) >= 11 is 3.70. The van der Waals surface area contributed by atoms with Gasteiger partial charge in [0.1, 0.15) is 6.61 Å². The van der Waals surface area contributed by atoms with Gasteiger partial charge < -0.3 is 24.4 Å². The Hall–Kier alpha value is -2.70. The Morgan fingerprint density at radius 1 is 0.938 bits per heavy atom. The summed E-state index contributed by atoms with van der Waals surface area (Å²) in [5, 5.41) is 3.51. The lowest BCUT2D eigenvalue weighted by Crippen LogP contribution is -2.36. The minimum atomic E-state index is 0.500. The zero-order valence-electron chi connectivity index (χ0n) is 18.4. The van der Waals surface area contributed by atoms with Crippen LogP contribution in [-0.4, -0.2) is 32.9 Å². The number of nitrogens with zero attached hydrogens (tertiary/aromatic N) is 1. The minimum absolute atomic E-state index is 0.500. The number of hydrogen-bond donors (Lipinski definition) is 1. The third-order valence-corrected chi connectivity index (χ3v) is 6.11. The SMILES string of the molecule is CCOc1cc(CNc2ccc(N3CCOCC3)cc2)c(Br)cc1OCc1ccccc1. The van der Waals surface area contributed by atoms with Crippen LogP contribution in [0.5, 0.6) is 11.5 Å². The standard InChI is InChI=1S/C26H29BrN2O3/c1-2-31-25-16-21(24(27)17-26(25)32-19-20-6-4-3-5-7-20)18-28-22-8-10-23(11-9-22)29-12-14-30-15-13-29/h3-11,16-17,28H,2,12-15,18-19H2,1H3. The summed E-state index contributed by atoms with van der Waals surface area (Å²) in [6, 6.07) is 22.7. The Kier molecular flexibility index (Phi) is 7.91. The predicted octanol–water partition coefficient (Wildman–Crippen LogP) is 5.88. The van der Waals surface area contributed by atoms with Gasteiger partial charge in [0.05, 0.1) is 19.8 Å². The molecule has 0 unspecified atom stereocenters. The molecule has 1 N–H and O–H groups in total. The van der Waals surface area contributed by atoms with Crippen LogP contribution in [0.4, 0.5) is 11.4 Å². The first-order valence-corrected chi connectivity index (χ1v) is 11.8. The maximum absolute atomic E-state index is 6.06.